The predicted molar refractivity (Wildman–Crippen MR) is 61.4 cm³/mol. The van der Waals surface area contributed by atoms with E-state index in [-0.39, 0.29) is 12.5 Å². The Kier molecular flexibility index (Phi) is 4.89. The van der Waals surface area contributed by atoms with E-state index in [1.807, 2.05) is 0 Å². The molecule has 1 atom stereocenters. The summed E-state index contributed by atoms with van der Waals surface area (Å²) in [6.45, 7) is 0.769. The van der Waals surface area contributed by atoms with Gasteiger partial charge in [0.1, 0.15) is 6.04 Å². The fourth-order valence-corrected chi connectivity index (χ4v) is 1.68. The summed E-state index contributed by atoms with van der Waals surface area (Å²) in [7, 11) is 1.56. The van der Waals surface area contributed by atoms with Crippen LogP contribution in [0.2, 0.25) is 0 Å². The van der Waals surface area contributed by atoms with E-state index in [0.717, 1.165) is 12.8 Å². The van der Waals surface area contributed by atoms with Crippen molar-refractivity contribution in [2.75, 3.05) is 20.3 Å². The summed E-state index contributed by atoms with van der Waals surface area (Å²) < 4.78 is 4.85. The molecule has 0 aromatic rings. The van der Waals surface area contributed by atoms with E-state index in [2.05, 4.69) is 5.32 Å². The third-order valence-electron chi connectivity index (χ3n) is 3.17. The summed E-state index contributed by atoms with van der Waals surface area (Å²) in [5.41, 5.74) is 5.01. The van der Waals surface area contributed by atoms with Gasteiger partial charge in [-0.05, 0) is 25.7 Å². The molecule has 0 radical (unpaired) electrons. The van der Waals surface area contributed by atoms with Gasteiger partial charge in [0, 0.05) is 20.3 Å². The number of methoxy groups -OCH3 is 1. The smallest absolute Gasteiger partial charge is 0.326 e. The van der Waals surface area contributed by atoms with Crippen LogP contribution in [0.15, 0.2) is 0 Å². The molecular weight excluding hydrogens is 224 g/mol. The van der Waals surface area contributed by atoms with Crippen LogP contribution >= 0.6 is 0 Å². The van der Waals surface area contributed by atoms with Gasteiger partial charge in [-0.15, -0.1) is 0 Å². The first-order valence-electron chi connectivity index (χ1n) is 5.78. The van der Waals surface area contributed by atoms with Gasteiger partial charge < -0.3 is 20.9 Å². The second-order valence-electron chi connectivity index (χ2n) is 4.48. The average molecular weight is 244 g/mol. The molecule has 6 heteroatoms. The first-order valence-corrected chi connectivity index (χ1v) is 5.78. The van der Waals surface area contributed by atoms with Crippen molar-refractivity contribution in [1.29, 1.82) is 0 Å². The molecule has 0 bridgehead atoms. The minimum absolute atomic E-state index is 0.232. The van der Waals surface area contributed by atoms with Crippen molar-refractivity contribution in [3.63, 3.8) is 0 Å². The molecule has 0 aromatic heterocycles. The molecule has 1 saturated carbocycles. The molecule has 1 aliphatic carbocycles. The lowest BCUT2D eigenvalue weighted by molar-refractivity contribution is -0.143. The van der Waals surface area contributed by atoms with E-state index < -0.39 is 17.4 Å². The summed E-state index contributed by atoms with van der Waals surface area (Å²) in [5, 5.41) is 11.5. The Morgan fingerprint density at radius 3 is 2.59 bits per heavy atom. The van der Waals surface area contributed by atoms with Crippen LogP contribution in [-0.4, -0.2) is 43.3 Å². The van der Waals surface area contributed by atoms with Crippen molar-refractivity contribution < 1.29 is 19.4 Å². The highest BCUT2D eigenvalue weighted by atomic mass is 16.5. The number of carbonyl (C=O) groups is 2. The maximum absolute atomic E-state index is 11.8. The van der Waals surface area contributed by atoms with E-state index >= 15 is 0 Å². The van der Waals surface area contributed by atoms with Crippen molar-refractivity contribution in [1.82, 2.24) is 5.32 Å². The topological polar surface area (TPSA) is 102 Å². The maximum atomic E-state index is 11.8. The zero-order valence-corrected chi connectivity index (χ0v) is 10.1. The summed E-state index contributed by atoms with van der Waals surface area (Å²) in [4.78, 5) is 22.8. The monoisotopic (exact) mass is 244 g/mol. The largest absolute Gasteiger partial charge is 0.480 e. The molecule has 6 nitrogen and oxygen atoms in total. The van der Waals surface area contributed by atoms with Crippen LogP contribution in [0.25, 0.3) is 0 Å². The van der Waals surface area contributed by atoms with E-state index in [4.69, 9.17) is 15.6 Å². The van der Waals surface area contributed by atoms with Crippen molar-refractivity contribution in [2.45, 2.75) is 31.7 Å². The predicted octanol–water partition coefficient (Wildman–Crippen LogP) is -0.279. The van der Waals surface area contributed by atoms with Crippen LogP contribution in [0.1, 0.15) is 25.7 Å². The number of aliphatic carboxylic acids is 1. The summed E-state index contributed by atoms with van der Waals surface area (Å²) in [5.74, 6) is -1.24. The Morgan fingerprint density at radius 1 is 1.53 bits per heavy atom. The lowest BCUT2D eigenvalue weighted by atomic mass is 10.1. The highest BCUT2D eigenvalue weighted by Gasteiger charge is 2.49. The SMILES string of the molecule is COCCCC(NC(=O)C1(CN)CC1)C(=O)O. The van der Waals surface area contributed by atoms with Gasteiger partial charge in [-0.2, -0.15) is 0 Å². The quantitative estimate of drug-likeness (QED) is 0.510. The highest BCUT2D eigenvalue weighted by Crippen LogP contribution is 2.44. The second-order valence-corrected chi connectivity index (χ2v) is 4.48. The molecule has 0 heterocycles. The number of rotatable bonds is 8. The van der Waals surface area contributed by atoms with Crippen LogP contribution in [0.5, 0.6) is 0 Å². The van der Waals surface area contributed by atoms with Crippen LogP contribution in [0.3, 0.4) is 0 Å². The molecular formula is C11H20N2O4. The Hall–Kier alpha value is -1.14. The number of carboxylic acids is 1. The first-order chi connectivity index (χ1) is 8.05. The lowest BCUT2D eigenvalue weighted by Gasteiger charge is -2.18. The molecule has 0 spiro atoms. The van der Waals surface area contributed by atoms with Gasteiger partial charge in [-0.3, -0.25) is 4.79 Å². The fourth-order valence-electron chi connectivity index (χ4n) is 1.68. The van der Waals surface area contributed by atoms with Crippen LogP contribution in [0, 0.1) is 5.41 Å². The standard InChI is InChI=1S/C11H20N2O4/c1-17-6-2-3-8(9(14)15)13-10(16)11(7-12)4-5-11/h8H,2-7,12H2,1H3,(H,13,16)(H,14,15). The van der Waals surface area contributed by atoms with Gasteiger partial charge >= 0.3 is 5.97 Å². The van der Waals surface area contributed by atoms with E-state index in [1.54, 1.807) is 7.11 Å². The molecule has 17 heavy (non-hydrogen) atoms. The first kappa shape index (κ1) is 13.9. The van der Waals surface area contributed by atoms with Gasteiger partial charge in [-0.25, -0.2) is 4.79 Å². The molecule has 1 fully saturated rings. The Labute approximate surface area is 101 Å². The van der Waals surface area contributed by atoms with Crippen molar-refractivity contribution in [2.24, 2.45) is 11.1 Å². The summed E-state index contributed by atoms with van der Waals surface area (Å²) in [6.07, 6.45) is 2.47. The van der Waals surface area contributed by atoms with Gasteiger partial charge in [0.25, 0.3) is 0 Å². The minimum Gasteiger partial charge on any atom is -0.480 e. The number of nitrogens with two attached hydrogens (primary N) is 1. The number of ether oxygens (including phenoxy) is 1. The van der Waals surface area contributed by atoms with Crippen LogP contribution in [-0.2, 0) is 14.3 Å². The average Bonchev–Trinajstić information content (AvgIpc) is 3.08. The molecule has 1 aliphatic rings. The number of carboxylic acid groups (broad SMARTS) is 1. The third-order valence-corrected chi connectivity index (χ3v) is 3.17. The zero-order valence-electron chi connectivity index (χ0n) is 10.1. The zero-order chi connectivity index (χ0) is 12.9. The van der Waals surface area contributed by atoms with Gasteiger partial charge in [0.15, 0.2) is 0 Å². The van der Waals surface area contributed by atoms with E-state index in [9.17, 15) is 9.59 Å². The van der Waals surface area contributed by atoms with Crippen molar-refractivity contribution in [3.8, 4) is 0 Å². The van der Waals surface area contributed by atoms with Crippen LogP contribution < -0.4 is 11.1 Å². The molecule has 1 amide bonds. The molecule has 1 rings (SSSR count). The Morgan fingerprint density at radius 2 is 2.18 bits per heavy atom. The number of amides is 1. The fraction of sp³-hybridized carbons (Fsp3) is 0.818. The maximum Gasteiger partial charge on any atom is 0.326 e. The number of hydrogen-bond donors (Lipinski definition) is 3. The Bertz CT molecular complexity index is 289. The van der Waals surface area contributed by atoms with E-state index in [0.29, 0.717) is 19.4 Å². The molecule has 1 unspecified atom stereocenters. The normalized spacial score (nSPS) is 18.5. The summed E-state index contributed by atoms with van der Waals surface area (Å²) >= 11 is 0. The molecule has 0 aliphatic heterocycles. The van der Waals surface area contributed by atoms with E-state index in [1.165, 1.54) is 0 Å². The van der Waals surface area contributed by atoms with Crippen molar-refractivity contribution >= 4 is 11.9 Å². The Balaban J connectivity index is 2.43. The summed E-state index contributed by atoms with van der Waals surface area (Å²) in [6, 6.07) is -0.846. The molecule has 0 saturated heterocycles. The molecule has 98 valence electrons. The number of nitrogens with one attached hydrogen (secondary N) is 1. The van der Waals surface area contributed by atoms with Crippen molar-refractivity contribution in [3.05, 3.63) is 0 Å². The van der Waals surface area contributed by atoms with Gasteiger partial charge in [-0.1, -0.05) is 0 Å². The highest BCUT2D eigenvalue weighted by molar-refractivity contribution is 5.89. The number of carbonyl (C=O) groups excluding carboxylic acids is 1. The minimum atomic E-state index is -1.01. The molecule has 0 aromatic carbocycles. The van der Waals surface area contributed by atoms with Gasteiger partial charge in [0.2, 0.25) is 5.91 Å². The van der Waals surface area contributed by atoms with Gasteiger partial charge in [0.05, 0.1) is 5.41 Å². The van der Waals surface area contributed by atoms with Crippen LogP contribution in [0.4, 0.5) is 0 Å². The lowest BCUT2D eigenvalue weighted by Crippen LogP contribution is -2.46. The second kappa shape index (κ2) is 5.97. The number of hydrogen-bond acceptors (Lipinski definition) is 4. The third kappa shape index (κ3) is 3.67. The molecule has 4 N–H and O–H groups in total.